The Balaban J connectivity index is 0.00000192. The molecule has 2 heterocycles. The van der Waals surface area contributed by atoms with Crippen LogP contribution in [0.1, 0.15) is 31.4 Å². The number of piperidine rings is 1. The van der Waals surface area contributed by atoms with Gasteiger partial charge in [0.2, 0.25) is 0 Å². The van der Waals surface area contributed by atoms with Gasteiger partial charge in [0, 0.05) is 43.2 Å². The highest BCUT2D eigenvalue weighted by Gasteiger charge is 2.24. The van der Waals surface area contributed by atoms with Crippen molar-refractivity contribution in [3.05, 3.63) is 34.3 Å². The summed E-state index contributed by atoms with van der Waals surface area (Å²) in [6.07, 6.45) is 2.76. The molecular weight excluding hydrogens is 374 g/mol. The van der Waals surface area contributed by atoms with E-state index in [-0.39, 0.29) is 12.4 Å². The van der Waals surface area contributed by atoms with E-state index in [1.807, 2.05) is 0 Å². The lowest BCUT2D eigenvalue weighted by Gasteiger charge is -2.40. The lowest BCUT2D eigenvalue weighted by molar-refractivity contribution is 0.0876. The highest BCUT2D eigenvalue weighted by atomic mass is 79.9. The fourth-order valence-corrected chi connectivity index (χ4v) is 3.99. The number of nitrogens with one attached hydrogen (secondary N) is 1. The monoisotopic (exact) mass is 401 g/mol. The van der Waals surface area contributed by atoms with E-state index in [0.29, 0.717) is 6.04 Å². The SMILES string of the molecule is CC(c1ccc(Br)cc1)N1CCN(CC2CCCNC2)CC1.Cl. The minimum atomic E-state index is 0. The minimum absolute atomic E-state index is 0. The molecule has 1 aromatic carbocycles. The van der Waals surface area contributed by atoms with Crippen molar-refractivity contribution in [2.45, 2.75) is 25.8 Å². The first-order chi connectivity index (χ1) is 10.7. The summed E-state index contributed by atoms with van der Waals surface area (Å²) in [6.45, 7) is 10.9. The molecule has 1 aromatic rings. The molecule has 0 aliphatic carbocycles. The van der Waals surface area contributed by atoms with E-state index in [1.165, 1.54) is 64.2 Å². The van der Waals surface area contributed by atoms with Crippen LogP contribution in [-0.2, 0) is 0 Å². The van der Waals surface area contributed by atoms with E-state index in [4.69, 9.17) is 0 Å². The molecule has 130 valence electrons. The van der Waals surface area contributed by atoms with Crippen LogP contribution in [-0.4, -0.2) is 55.6 Å². The fraction of sp³-hybridized carbons (Fsp3) is 0.667. The molecule has 0 amide bonds. The van der Waals surface area contributed by atoms with E-state index in [0.717, 1.165) is 10.4 Å². The van der Waals surface area contributed by atoms with Crippen molar-refractivity contribution in [2.24, 2.45) is 5.92 Å². The lowest BCUT2D eigenvalue weighted by atomic mass is 9.98. The predicted octanol–water partition coefficient (Wildman–Crippen LogP) is 3.55. The zero-order valence-electron chi connectivity index (χ0n) is 14.0. The van der Waals surface area contributed by atoms with E-state index in [9.17, 15) is 0 Å². The summed E-state index contributed by atoms with van der Waals surface area (Å²) >= 11 is 3.52. The molecule has 2 aliphatic heterocycles. The number of halogens is 2. The molecular formula is C18H29BrClN3. The third kappa shape index (κ3) is 5.43. The molecule has 2 unspecified atom stereocenters. The van der Waals surface area contributed by atoms with Crippen molar-refractivity contribution >= 4 is 28.3 Å². The predicted molar refractivity (Wildman–Crippen MR) is 103 cm³/mol. The normalized spacial score (nSPS) is 24.9. The van der Waals surface area contributed by atoms with Crippen molar-refractivity contribution in [3.63, 3.8) is 0 Å². The minimum Gasteiger partial charge on any atom is -0.316 e. The maximum Gasteiger partial charge on any atom is 0.0320 e. The van der Waals surface area contributed by atoms with Crippen LogP contribution in [0.5, 0.6) is 0 Å². The fourth-order valence-electron chi connectivity index (χ4n) is 3.73. The molecule has 0 spiro atoms. The van der Waals surface area contributed by atoms with Gasteiger partial charge in [0.25, 0.3) is 0 Å². The second kappa shape index (κ2) is 9.38. The zero-order chi connectivity index (χ0) is 15.4. The number of rotatable bonds is 4. The molecule has 0 bridgehead atoms. The van der Waals surface area contributed by atoms with E-state index >= 15 is 0 Å². The summed E-state index contributed by atoms with van der Waals surface area (Å²) in [6, 6.07) is 9.31. The second-order valence-electron chi connectivity index (χ2n) is 6.78. The summed E-state index contributed by atoms with van der Waals surface area (Å²) in [5.74, 6) is 0.865. The summed E-state index contributed by atoms with van der Waals surface area (Å²) in [7, 11) is 0. The Bertz CT molecular complexity index is 454. The first-order valence-electron chi connectivity index (χ1n) is 8.65. The highest BCUT2D eigenvalue weighted by Crippen LogP contribution is 2.23. The molecule has 2 saturated heterocycles. The number of nitrogens with zero attached hydrogens (tertiary/aromatic N) is 2. The van der Waals surface area contributed by atoms with E-state index < -0.39 is 0 Å². The molecule has 0 radical (unpaired) electrons. The van der Waals surface area contributed by atoms with Crippen LogP contribution in [0.3, 0.4) is 0 Å². The van der Waals surface area contributed by atoms with Gasteiger partial charge in [-0.2, -0.15) is 0 Å². The van der Waals surface area contributed by atoms with Gasteiger partial charge >= 0.3 is 0 Å². The molecule has 3 nitrogen and oxygen atoms in total. The Hall–Kier alpha value is -0.130. The molecule has 3 rings (SSSR count). The van der Waals surface area contributed by atoms with Gasteiger partial charge in [-0.15, -0.1) is 12.4 Å². The maximum atomic E-state index is 3.54. The van der Waals surface area contributed by atoms with Crippen LogP contribution < -0.4 is 5.32 Å². The van der Waals surface area contributed by atoms with Crippen molar-refractivity contribution in [2.75, 3.05) is 45.8 Å². The molecule has 0 saturated carbocycles. The van der Waals surface area contributed by atoms with Gasteiger partial charge < -0.3 is 10.2 Å². The first-order valence-corrected chi connectivity index (χ1v) is 9.44. The van der Waals surface area contributed by atoms with Crippen molar-refractivity contribution in [1.29, 1.82) is 0 Å². The zero-order valence-corrected chi connectivity index (χ0v) is 16.4. The largest absolute Gasteiger partial charge is 0.316 e. The Labute approximate surface area is 155 Å². The molecule has 2 aliphatic rings. The standard InChI is InChI=1S/C18H28BrN3.ClH/c1-15(17-4-6-18(19)7-5-17)22-11-9-21(10-12-22)14-16-3-2-8-20-13-16;/h4-7,15-16,20H,2-3,8-14H2,1H3;1H. The molecule has 2 atom stereocenters. The Kier molecular flexibility index (Phi) is 7.83. The van der Waals surface area contributed by atoms with Crippen LogP contribution >= 0.6 is 28.3 Å². The van der Waals surface area contributed by atoms with Crippen LogP contribution in [0, 0.1) is 5.92 Å². The third-order valence-corrected chi connectivity index (χ3v) is 5.75. The first kappa shape index (κ1) is 19.2. The number of benzene rings is 1. The third-order valence-electron chi connectivity index (χ3n) is 5.22. The summed E-state index contributed by atoms with van der Waals surface area (Å²) in [5.41, 5.74) is 1.42. The van der Waals surface area contributed by atoms with E-state index in [2.05, 4.69) is 62.2 Å². The smallest absolute Gasteiger partial charge is 0.0320 e. The topological polar surface area (TPSA) is 18.5 Å². The summed E-state index contributed by atoms with van der Waals surface area (Å²) in [5, 5.41) is 3.54. The Morgan fingerprint density at radius 2 is 1.87 bits per heavy atom. The Morgan fingerprint density at radius 3 is 2.48 bits per heavy atom. The highest BCUT2D eigenvalue weighted by molar-refractivity contribution is 9.10. The molecule has 1 N–H and O–H groups in total. The van der Waals surface area contributed by atoms with Gasteiger partial charge in [-0.3, -0.25) is 4.90 Å². The molecule has 5 heteroatoms. The van der Waals surface area contributed by atoms with Gasteiger partial charge in [-0.1, -0.05) is 28.1 Å². The summed E-state index contributed by atoms with van der Waals surface area (Å²) < 4.78 is 1.16. The average molecular weight is 403 g/mol. The average Bonchev–Trinajstić information content (AvgIpc) is 2.57. The maximum absolute atomic E-state index is 3.54. The van der Waals surface area contributed by atoms with Crippen LogP contribution in [0.25, 0.3) is 0 Å². The number of piperazine rings is 1. The Morgan fingerprint density at radius 1 is 1.17 bits per heavy atom. The molecule has 23 heavy (non-hydrogen) atoms. The van der Waals surface area contributed by atoms with Gasteiger partial charge in [0.15, 0.2) is 0 Å². The van der Waals surface area contributed by atoms with Gasteiger partial charge in [0.05, 0.1) is 0 Å². The lowest BCUT2D eigenvalue weighted by Crippen LogP contribution is -2.49. The van der Waals surface area contributed by atoms with Crippen LogP contribution in [0.15, 0.2) is 28.7 Å². The summed E-state index contributed by atoms with van der Waals surface area (Å²) in [4.78, 5) is 5.29. The van der Waals surface area contributed by atoms with Gasteiger partial charge in [0.1, 0.15) is 0 Å². The van der Waals surface area contributed by atoms with E-state index in [1.54, 1.807) is 0 Å². The van der Waals surface area contributed by atoms with Gasteiger partial charge in [-0.25, -0.2) is 0 Å². The molecule has 0 aromatic heterocycles. The van der Waals surface area contributed by atoms with Gasteiger partial charge in [-0.05, 0) is 56.5 Å². The number of hydrogen-bond donors (Lipinski definition) is 1. The van der Waals surface area contributed by atoms with Crippen molar-refractivity contribution in [1.82, 2.24) is 15.1 Å². The van der Waals surface area contributed by atoms with Crippen molar-refractivity contribution < 1.29 is 0 Å². The van der Waals surface area contributed by atoms with Crippen LogP contribution in [0.2, 0.25) is 0 Å². The quantitative estimate of drug-likeness (QED) is 0.831. The van der Waals surface area contributed by atoms with Crippen molar-refractivity contribution in [3.8, 4) is 0 Å². The van der Waals surface area contributed by atoms with Crippen LogP contribution in [0.4, 0.5) is 0 Å². The molecule has 2 fully saturated rings. The second-order valence-corrected chi connectivity index (χ2v) is 7.69. The number of hydrogen-bond acceptors (Lipinski definition) is 3.